The van der Waals surface area contributed by atoms with Crippen molar-refractivity contribution >= 4 is 17.2 Å². The number of benzene rings is 1. The zero-order valence-electron chi connectivity index (χ0n) is 11.9. The van der Waals surface area contributed by atoms with E-state index in [2.05, 4.69) is 15.1 Å². The van der Waals surface area contributed by atoms with Gasteiger partial charge in [-0.05, 0) is 24.1 Å². The lowest BCUT2D eigenvalue weighted by Gasteiger charge is -1.99. The van der Waals surface area contributed by atoms with E-state index < -0.39 is 5.91 Å². The summed E-state index contributed by atoms with van der Waals surface area (Å²) >= 11 is 1.48. The Labute approximate surface area is 131 Å². The molecule has 0 bridgehead atoms. The molecule has 0 radical (unpaired) electrons. The number of carbonyl (C=O) groups excluding carboxylic acids is 1. The Kier molecular flexibility index (Phi) is 3.97. The molecule has 3 aromatic rings. The third-order valence-electron chi connectivity index (χ3n) is 3.21. The van der Waals surface area contributed by atoms with Gasteiger partial charge in [-0.25, -0.2) is 4.98 Å². The number of thiazole rings is 1. The van der Waals surface area contributed by atoms with Gasteiger partial charge in [-0.2, -0.15) is 4.98 Å². The number of primary amides is 1. The van der Waals surface area contributed by atoms with Crippen LogP contribution in [0.15, 0.2) is 34.3 Å². The molecule has 0 aliphatic rings. The predicted octanol–water partition coefficient (Wildman–Crippen LogP) is 2.45. The van der Waals surface area contributed by atoms with Crippen molar-refractivity contribution in [2.75, 3.05) is 0 Å². The molecule has 0 fully saturated rings. The van der Waals surface area contributed by atoms with Crippen LogP contribution in [0.25, 0.3) is 10.8 Å². The number of hydrogen-bond acceptors (Lipinski definition) is 6. The van der Waals surface area contributed by atoms with E-state index in [9.17, 15) is 4.79 Å². The van der Waals surface area contributed by atoms with Gasteiger partial charge < -0.3 is 10.3 Å². The fraction of sp³-hybridized carbons (Fsp3) is 0.200. The van der Waals surface area contributed by atoms with E-state index in [4.69, 9.17) is 10.3 Å². The van der Waals surface area contributed by atoms with Gasteiger partial charge in [0.15, 0.2) is 5.82 Å². The van der Waals surface area contributed by atoms with Crippen LogP contribution in [0.4, 0.5) is 0 Å². The van der Waals surface area contributed by atoms with E-state index >= 15 is 0 Å². The lowest BCUT2D eigenvalue weighted by Crippen LogP contribution is -2.11. The van der Waals surface area contributed by atoms with Crippen LogP contribution in [0.5, 0.6) is 0 Å². The third kappa shape index (κ3) is 2.89. The molecule has 7 heteroatoms. The number of nitrogens with zero attached hydrogens (tertiary/aromatic N) is 3. The first-order valence-corrected chi connectivity index (χ1v) is 7.69. The number of aryl methyl sites for hydroxylation is 1. The van der Waals surface area contributed by atoms with E-state index in [-0.39, 0.29) is 0 Å². The summed E-state index contributed by atoms with van der Waals surface area (Å²) in [6.45, 7) is 2.03. The minimum Gasteiger partial charge on any atom is -0.366 e. The Morgan fingerprint density at radius 2 is 2.27 bits per heavy atom. The fourth-order valence-electron chi connectivity index (χ4n) is 2.13. The van der Waals surface area contributed by atoms with Crippen molar-refractivity contribution in [1.82, 2.24) is 15.1 Å². The van der Waals surface area contributed by atoms with E-state index in [1.165, 1.54) is 11.3 Å². The largest absolute Gasteiger partial charge is 0.366 e. The quantitative estimate of drug-likeness (QED) is 0.780. The molecule has 22 heavy (non-hydrogen) atoms. The van der Waals surface area contributed by atoms with E-state index in [0.29, 0.717) is 23.7 Å². The summed E-state index contributed by atoms with van der Waals surface area (Å²) in [7, 11) is 0. The maximum Gasteiger partial charge on any atom is 0.269 e. The second-order valence-electron chi connectivity index (χ2n) is 4.74. The standard InChI is InChI=1S/C15H14N4O2S/c1-2-11-13(22-8-17-11)15-18-12(19-21-15)7-9-4-3-5-10(6-9)14(16)20/h3-6,8H,2,7H2,1H3,(H2,16,20). The summed E-state index contributed by atoms with van der Waals surface area (Å²) in [5.41, 5.74) is 9.38. The molecule has 112 valence electrons. The van der Waals surface area contributed by atoms with Crippen molar-refractivity contribution in [2.24, 2.45) is 5.73 Å². The van der Waals surface area contributed by atoms with Crippen LogP contribution in [0, 0.1) is 0 Å². The molecule has 2 aromatic heterocycles. The molecule has 0 saturated carbocycles. The smallest absolute Gasteiger partial charge is 0.269 e. The highest BCUT2D eigenvalue weighted by molar-refractivity contribution is 7.13. The summed E-state index contributed by atoms with van der Waals surface area (Å²) in [6.07, 6.45) is 1.29. The first kappa shape index (κ1) is 14.4. The van der Waals surface area contributed by atoms with Crippen molar-refractivity contribution in [2.45, 2.75) is 19.8 Å². The van der Waals surface area contributed by atoms with Gasteiger partial charge in [-0.3, -0.25) is 4.79 Å². The average molecular weight is 314 g/mol. The number of carbonyl (C=O) groups is 1. The van der Waals surface area contributed by atoms with Crippen molar-refractivity contribution in [3.63, 3.8) is 0 Å². The zero-order chi connectivity index (χ0) is 15.5. The Bertz CT molecular complexity index is 809. The van der Waals surface area contributed by atoms with Crippen molar-refractivity contribution in [1.29, 1.82) is 0 Å². The Hall–Kier alpha value is -2.54. The lowest BCUT2D eigenvalue weighted by atomic mass is 10.1. The van der Waals surface area contributed by atoms with E-state index in [1.807, 2.05) is 13.0 Å². The first-order valence-electron chi connectivity index (χ1n) is 6.81. The molecule has 6 nitrogen and oxygen atoms in total. The van der Waals surface area contributed by atoms with Gasteiger partial charge in [0.1, 0.15) is 4.88 Å². The van der Waals surface area contributed by atoms with Gasteiger partial charge in [-0.15, -0.1) is 11.3 Å². The van der Waals surface area contributed by atoms with Crippen LogP contribution in [0.1, 0.15) is 34.4 Å². The summed E-state index contributed by atoms with van der Waals surface area (Å²) in [5, 5.41) is 3.99. The second-order valence-corrected chi connectivity index (χ2v) is 5.59. The fourth-order valence-corrected chi connectivity index (χ4v) is 2.93. The van der Waals surface area contributed by atoms with Gasteiger partial charge in [0.05, 0.1) is 11.2 Å². The molecular formula is C15H14N4O2S. The van der Waals surface area contributed by atoms with Crippen molar-refractivity contribution in [3.8, 4) is 10.8 Å². The molecule has 1 amide bonds. The van der Waals surface area contributed by atoms with Crippen LogP contribution < -0.4 is 5.73 Å². The topological polar surface area (TPSA) is 94.9 Å². The molecule has 0 atom stereocenters. The van der Waals surface area contributed by atoms with E-state index in [1.54, 1.807) is 23.7 Å². The second kappa shape index (κ2) is 6.07. The van der Waals surface area contributed by atoms with Crippen molar-refractivity contribution in [3.05, 3.63) is 52.4 Å². The molecule has 2 heterocycles. The third-order valence-corrected chi connectivity index (χ3v) is 4.07. The lowest BCUT2D eigenvalue weighted by molar-refractivity contribution is 0.1000. The molecule has 0 unspecified atom stereocenters. The Balaban J connectivity index is 1.83. The maximum absolute atomic E-state index is 11.2. The molecular weight excluding hydrogens is 300 g/mol. The van der Waals surface area contributed by atoms with Crippen LogP contribution in [0.3, 0.4) is 0 Å². The highest BCUT2D eigenvalue weighted by atomic mass is 32.1. The molecule has 0 saturated heterocycles. The maximum atomic E-state index is 11.2. The average Bonchev–Trinajstić information content (AvgIpc) is 3.15. The van der Waals surface area contributed by atoms with Crippen molar-refractivity contribution < 1.29 is 9.32 Å². The number of hydrogen-bond donors (Lipinski definition) is 1. The number of aromatic nitrogens is 3. The Morgan fingerprint density at radius 1 is 1.41 bits per heavy atom. The van der Waals surface area contributed by atoms with Gasteiger partial charge >= 0.3 is 0 Å². The number of rotatable bonds is 5. The number of nitrogens with two attached hydrogens (primary N) is 1. The normalized spacial score (nSPS) is 10.8. The predicted molar refractivity (Wildman–Crippen MR) is 82.5 cm³/mol. The van der Waals surface area contributed by atoms with Gasteiger partial charge in [0, 0.05) is 12.0 Å². The molecule has 1 aromatic carbocycles. The summed E-state index contributed by atoms with van der Waals surface area (Å²) in [5.74, 6) is 0.598. The summed E-state index contributed by atoms with van der Waals surface area (Å²) in [4.78, 5) is 20.8. The molecule has 2 N–H and O–H groups in total. The summed E-state index contributed by atoms with van der Waals surface area (Å²) < 4.78 is 5.32. The monoisotopic (exact) mass is 314 g/mol. The molecule has 0 aliphatic carbocycles. The first-order chi connectivity index (χ1) is 10.7. The molecule has 3 rings (SSSR count). The van der Waals surface area contributed by atoms with Crippen LogP contribution in [-0.2, 0) is 12.8 Å². The van der Waals surface area contributed by atoms with Crippen LogP contribution >= 0.6 is 11.3 Å². The highest BCUT2D eigenvalue weighted by Crippen LogP contribution is 2.26. The van der Waals surface area contributed by atoms with Gasteiger partial charge in [0.2, 0.25) is 5.91 Å². The highest BCUT2D eigenvalue weighted by Gasteiger charge is 2.15. The van der Waals surface area contributed by atoms with Crippen LogP contribution in [0.2, 0.25) is 0 Å². The molecule has 0 spiro atoms. The zero-order valence-corrected chi connectivity index (χ0v) is 12.8. The molecule has 0 aliphatic heterocycles. The SMILES string of the molecule is CCc1ncsc1-c1nc(Cc2cccc(C(N)=O)c2)no1. The van der Waals surface area contributed by atoms with Gasteiger partial charge in [0.25, 0.3) is 5.89 Å². The minimum atomic E-state index is -0.451. The van der Waals surface area contributed by atoms with Crippen LogP contribution in [-0.4, -0.2) is 21.0 Å². The van der Waals surface area contributed by atoms with E-state index in [0.717, 1.165) is 22.6 Å². The van der Waals surface area contributed by atoms with Gasteiger partial charge in [-0.1, -0.05) is 24.2 Å². The number of amides is 1. The Morgan fingerprint density at radius 3 is 3.05 bits per heavy atom. The minimum absolute atomic E-state index is 0.451. The summed E-state index contributed by atoms with van der Waals surface area (Å²) in [6, 6.07) is 7.10.